The third-order valence-electron chi connectivity index (χ3n) is 22.0. The molecule has 0 bridgehead atoms. The lowest BCUT2D eigenvalue weighted by Gasteiger charge is -2.39. The van der Waals surface area contributed by atoms with Crippen LogP contribution in [0.25, 0.3) is 22.3 Å². The van der Waals surface area contributed by atoms with Gasteiger partial charge in [-0.25, -0.2) is 19.4 Å². The Bertz CT molecular complexity index is 5440. The maximum absolute atomic E-state index is 18.2. The molecule has 11 rings (SSSR count). The number of nitrogens with one attached hydrogen (secondary N) is 8. The second kappa shape index (κ2) is 40.1. The van der Waals surface area contributed by atoms with E-state index in [0.717, 1.165) is 44.5 Å². The summed E-state index contributed by atoms with van der Waals surface area (Å²) in [4.78, 5) is 197. The minimum Gasteiger partial charge on any atom is -0.448 e. The first-order valence-corrected chi connectivity index (χ1v) is 46.5. The largest absolute Gasteiger partial charge is 0.448 e. The van der Waals surface area contributed by atoms with Gasteiger partial charge >= 0.3 is 12.2 Å². The zero-order valence-corrected chi connectivity index (χ0v) is 73.7. The van der Waals surface area contributed by atoms with Crippen molar-refractivity contribution < 1.29 is 71.8 Å². The number of ether oxygens (including phenoxy) is 2. The van der Waals surface area contributed by atoms with Gasteiger partial charge in [0.1, 0.15) is 72.6 Å². The molecular formula is C94H101N11O15P2S2. The van der Waals surface area contributed by atoms with E-state index in [1.165, 1.54) is 69.2 Å². The Labute approximate surface area is 730 Å². The molecule has 10 N–H and O–H groups in total. The molecule has 0 spiro atoms. The Hall–Kier alpha value is -12.6. The number of carbonyl (C=O) groups excluding carboxylic acids is 13. The van der Waals surface area contributed by atoms with Crippen LogP contribution in [0.2, 0.25) is 0 Å². The zero-order valence-electron chi connectivity index (χ0n) is 70.3. The van der Waals surface area contributed by atoms with Crippen LogP contribution in [0.3, 0.4) is 0 Å². The second-order valence-electron chi connectivity index (χ2n) is 31.9. The van der Waals surface area contributed by atoms with E-state index in [9.17, 15) is 33.6 Å². The fraction of sp³-hybridized carbons (Fsp3) is 0.287. The van der Waals surface area contributed by atoms with E-state index >= 15 is 28.8 Å². The van der Waals surface area contributed by atoms with Gasteiger partial charge in [0.2, 0.25) is 53.2 Å². The van der Waals surface area contributed by atoms with Crippen molar-refractivity contribution in [3.8, 4) is 22.3 Å². The molecule has 644 valence electrons. The van der Waals surface area contributed by atoms with Crippen molar-refractivity contribution in [3.63, 3.8) is 0 Å². The Morgan fingerprint density at radius 1 is 0.371 bits per heavy atom. The fourth-order valence-corrected chi connectivity index (χ4v) is 23.2. The number of hydrogen-bond acceptors (Lipinski definition) is 17. The average Bonchev–Trinajstić information content (AvgIpc) is 0.989. The van der Waals surface area contributed by atoms with Crippen molar-refractivity contribution in [2.45, 2.75) is 147 Å². The van der Waals surface area contributed by atoms with E-state index in [1.54, 1.807) is 152 Å². The van der Waals surface area contributed by atoms with Crippen LogP contribution >= 0.6 is 12.1 Å². The van der Waals surface area contributed by atoms with Crippen LogP contribution in [0.5, 0.6) is 0 Å². The van der Waals surface area contributed by atoms with Crippen LogP contribution in [0.1, 0.15) is 109 Å². The number of benzene rings is 9. The number of nitrogens with zero attached hydrogens (tertiary/aromatic N) is 2. The monoisotopic (exact) mass is 1750 g/mol. The molecule has 0 fully saturated rings. The third-order valence-corrected chi connectivity index (χ3v) is 31.7. The van der Waals surface area contributed by atoms with Crippen LogP contribution in [0.4, 0.5) is 9.59 Å². The molecule has 8 atom stereocenters. The Morgan fingerprint density at radius 3 is 1.06 bits per heavy atom. The maximum Gasteiger partial charge on any atom is 0.417 e. The lowest BCUT2D eigenvalue weighted by atomic mass is 9.98. The Morgan fingerprint density at radius 2 is 0.685 bits per heavy atom. The van der Waals surface area contributed by atoms with Crippen LogP contribution in [-0.2, 0) is 92.2 Å². The topological polar surface area (TPSA) is 369 Å². The van der Waals surface area contributed by atoms with E-state index in [-0.39, 0.29) is 6.42 Å². The summed E-state index contributed by atoms with van der Waals surface area (Å²) in [6.45, 7) is 12.3. The van der Waals surface area contributed by atoms with Crippen molar-refractivity contribution in [2.75, 3.05) is 25.5 Å². The summed E-state index contributed by atoms with van der Waals surface area (Å²) in [5.74, 6) is -12.1. The van der Waals surface area contributed by atoms with Gasteiger partial charge in [-0.2, -0.15) is 0 Å². The van der Waals surface area contributed by atoms with Gasteiger partial charge in [0, 0.05) is 49.6 Å². The van der Waals surface area contributed by atoms with Gasteiger partial charge < -0.3 is 57.7 Å². The van der Waals surface area contributed by atoms with Gasteiger partial charge in [-0.05, 0) is 134 Å². The fourth-order valence-electron chi connectivity index (χ4n) is 15.2. The highest BCUT2D eigenvalue weighted by molar-refractivity contribution is 8.22. The summed E-state index contributed by atoms with van der Waals surface area (Å²) < 4.78 is 13.2. The summed E-state index contributed by atoms with van der Waals surface area (Å²) in [6.07, 6.45) is -4.60. The van der Waals surface area contributed by atoms with Gasteiger partial charge in [0.15, 0.2) is 0 Å². The number of nitrogens with two attached hydrogens (primary N) is 1. The summed E-state index contributed by atoms with van der Waals surface area (Å²) in [5, 5.41) is 22.8. The van der Waals surface area contributed by atoms with Crippen molar-refractivity contribution in [1.82, 2.24) is 52.3 Å². The summed E-state index contributed by atoms with van der Waals surface area (Å²) in [7, 11) is 0. The molecule has 9 aromatic rings. The van der Waals surface area contributed by atoms with Gasteiger partial charge in [-0.1, -0.05) is 272 Å². The number of primary amides is 1. The van der Waals surface area contributed by atoms with E-state index < -0.39 is 186 Å². The van der Waals surface area contributed by atoms with Crippen molar-refractivity contribution in [1.29, 1.82) is 0 Å². The molecule has 9 aromatic carbocycles. The van der Waals surface area contributed by atoms with Gasteiger partial charge in [0.25, 0.3) is 11.8 Å². The second-order valence-corrected chi connectivity index (χ2v) is 41.4. The number of carbonyl (C=O) groups is 13. The maximum atomic E-state index is 18.2. The number of amides is 13. The Balaban J connectivity index is 1.10. The standard InChI is InChI=1S/C94H101N11O15P2S2/c1-57(81(95)107)99-89(115)93(7,8)103-84(110)60(4)97-86(112)79(55-121(123,64-36-18-12-19-37-64)65-38-20-13-21-39-65)104(91(117)119-53-76-72-48-30-26-44-68(72)69-45-27-31-49-73(69)76)88(114)80(56-122(124,66-40-22-14-23-41-66)67-42-24-15-25-43-67)105(92(118)120-54-77-74-50-32-28-46-70(74)71-47-29-33-51-75(71)77)87(113)61(5)98-85(111)78(52-63-34-16-11-17-35-63)101-82(108)58(2)100-90(116)94(9,10)102-83(109)59(3)96-62(6)106/h11-51,57-61,76-80H,52-56H2,1-10H3,(H2,95,107)(H,96,106)(H,97,112)(H,98,111)(H,99,115)(H,100,116)(H,101,108)(H,102,109)(H,103,110)/t57-,58-,59-,60-,61-,78-,79-,80-/m0/s1. The molecule has 0 saturated carbocycles. The van der Waals surface area contributed by atoms with Gasteiger partial charge in [-0.15, -0.1) is 0 Å². The van der Waals surface area contributed by atoms with Crippen LogP contribution in [0, 0.1) is 0 Å². The number of fused-ring (bicyclic) bond motifs is 6. The van der Waals surface area contributed by atoms with Gasteiger partial charge in [0.05, 0.1) is 0 Å². The van der Waals surface area contributed by atoms with E-state index in [2.05, 4.69) is 42.5 Å². The smallest absolute Gasteiger partial charge is 0.417 e. The highest BCUT2D eigenvalue weighted by Crippen LogP contribution is 2.50. The summed E-state index contributed by atoms with van der Waals surface area (Å²) >= 11 is 14.1. The molecule has 0 saturated heterocycles. The quantitative estimate of drug-likeness (QED) is 0.0172. The number of imide groups is 2. The lowest BCUT2D eigenvalue weighted by molar-refractivity contribution is -0.147. The number of rotatable bonds is 34. The van der Waals surface area contributed by atoms with Crippen LogP contribution in [-0.4, -0.2) is 172 Å². The highest BCUT2D eigenvalue weighted by atomic mass is 32.4. The molecule has 124 heavy (non-hydrogen) atoms. The molecule has 30 heteroatoms. The molecule has 2 aliphatic rings. The first kappa shape index (κ1) is 92.1. The van der Waals surface area contributed by atoms with E-state index in [0.29, 0.717) is 36.6 Å². The predicted molar refractivity (Wildman–Crippen MR) is 483 cm³/mol. The van der Waals surface area contributed by atoms with E-state index in [4.69, 9.17) is 38.8 Å². The van der Waals surface area contributed by atoms with E-state index in [1.807, 2.05) is 97.1 Å². The van der Waals surface area contributed by atoms with Crippen molar-refractivity contribution in [2.24, 2.45) is 5.73 Å². The normalized spacial score (nSPS) is 14.2. The molecule has 0 heterocycles. The molecule has 13 amide bonds. The minimum absolute atomic E-state index is 0.252. The van der Waals surface area contributed by atoms with Crippen LogP contribution in [0.15, 0.2) is 249 Å². The molecule has 0 aromatic heterocycles. The molecule has 0 unspecified atom stereocenters. The SMILES string of the molecule is CC(=O)N[C@@H](C)C(=O)NC(C)(C)C(=O)N[C@@H](C)C(=O)N[C@@H](Cc1ccccc1)C(=O)N[C@@H](C)C(=O)N(C(=O)OCC1c2ccccc2-c2ccccc21)[C@@H](CP(=S)(c1ccccc1)c1ccccc1)C(=O)N(C(=O)OCC1c2ccccc2-c2ccccc21)[C@@H](CP(=S)(c1ccccc1)c1ccccc1)C(=O)N[C@@H](C)C(=O)NC(C)(C)C(=O)N[C@@H](C)C(N)=O. The predicted octanol–water partition coefficient (Wildman–Crippen LogP) is 8.09. The van der Waals surface area contributed by atoms with Crippen molar-refractivity contribution >= 4 is 134 Å². The number of hydrogen-bond donors (Lipinski definition) is 9. The first-order chi connectivity index (χ1) is 59.0. The highest BCUT2D eigenvalue weighted by Gasteiger charge is 2.51. The summed E-state index contributed by atoms with van der Waals surface area (Å²) in [5.41, 5.74) is 8.81. The van der Waals surface area contributed by atoms with Crippen LogP contribution < -0.4 is 69.5 Å². The molecule has 0 radical (unpaired) electrons. The van der Waals surface area contributed by atoms with Gasteiger partial charge in [-0.3, -0.25) is 52.7 Å². The zero-order chi connectivity index (χ0) is 89.5. The molecular weight excluding hydrogens is 1650 g/mol. The molecule has 26 nitrogen and oxygen atoms in total. The first-order valence-electron chi connectivity index (χ1n) is 40.6. The Kier molecular flexibility index (Phi) is 29.8. The van der Waals surface area contributed by atoms with Crippen molar-refractivity contribution in [3.05, 3.63) is 277 Å². The lowest BCUT2D eigenvalue weighted by Crippen LogP contribution is -2.65. The average molecular weight is 1750 g/mol. The minimum atomic E-state index is -3.81. The summed E-state index contributed by atoms with van der Waals surface area (Å²) in [6, 6.07) is 52.1. The molecule has 2 aliphatic carbocycles. The molecule has 0 aliphatic heterocycles. The third kappa shape index (κ3) is 21.3.